The zero-order valence-corrected chi connectivity index (χ0v) is 33.4. The van der Waals surface area contributed by atoms with Gasteiger partial charge in [0.25, 0.3) is 0 Å². The lowest BCUT2D eigenvalue weighted by Crippen LogP contribution is -2.55. The van der Waals surface area contributed by atoms with Crippen molar-refractivity contribution in [2.45, 2.75) is 75.2 Å². The van der Waals surface area contributed by atoms with Gasteiger partial charge in [-0.25, -0.2) is 0 Å². The molecule has 1 aliphatic carbocycles. The van der Waals surface area contributed by atoms with Gasteiger partial charge in [-0.2, -0.15) is 5.26 Å². The van der Waals surface area contributed by atoms with Gasteiger partial charge in [0.2, 0.25) is 5.91 Å². The molecule has 14 heteroatoms. The Morgan fingerprint density at radius 3 is 2.55 bits per heavy atom. The van der Waals surface area contributed by atoms with E-state index < -0.39 is 28.6 Å². The molecule has 0 saturated carbocycles. The highest BCUT2D eigenvalue weighted by Crippen LogP contribution is 2.48. The molecule has 12 nitrogen and oxygen atoms in total. The maximum atomic E-state index is 11.9. The van der Waals surface area contributed by atoms with Crippen LogP contribution in [0.25, 0.3) is 5.57 Å². The molecule has 0 spiro atoms. The minimum absolute atomic E-state index is 0.00267. The first kappa shape index (κ1) is 42.7. The third-order valence-electron chi connectivity index (χ3n) is 10.3. The number of aromatic nitrogens is 1. The van der Waals surface area contributed by atoms with Crippen molar-refractivity contribution in [3.8, 4) is 17.6 Å². The van der Waals surface area contributed by atoms with Crippen molar-refractivity contribution in [1.82, 2.24) is 20.5 Å². The minimum Gasteiger partial charge on any atom is -0.488 e. The van der Waals surface area contributed by atoms with Crippen molar-refractivity contribution < 1.29 is 34.0 Å². The highest BCUT2D eigenvalue weighted by molar-refractivity contribution is 6.32. The summed E-state index contributed by atoms with van der Waals surface area (Å²) in [5.41, 5.74) is 0.556. The molecule has 2 aromatic carbocycles. The zero-order valence-electron chi connectivity index (χ0n) is 31.9. The Morgan fingerprint density at radius 1 is 1.12 bits per heavy atom. The van der Waals surface area contributed by atoms with Crippen molar-refractivity contribution in [1.29, 1.82) is 5.26 Å². The van der Waals surface area contributed by atoms with E-state index >= 15 is 0 Å². The summed E-state index contributed by atoms with van der Waals surface area (Å²) in [5.74, 6) is -0.616. The van der Waals surface area contributed by atoms with E-state index in [9.17, 15) is 25.1 Å². The fraction of sp³-hybridized carbons (Fsp3) is 0.429. The average molecular weight is 807 g/mol. The van der Waals surface area contributed by atoms with E-state index in [0.29, 0.717) is 29.0 Å². The molecule has 1 aromatic heterocycles. The Morgan fingerprint density at radius 2 is 1.88 bits per heavy atom. The van der Waals surface area contributed by atoms with Crippen molar-refractivity contribution in [3.05, 3.63) is 106 Å². The number of rotatable bonds is 18. The van der Waals surface area contributed by atoms with Gasteiger partial charge in [-0.1, -0.05) is 54.1 Å². The summed E-state index contributed by atoms with van der Waals surface area (Å²) in [4.78, 5) is 28.8. The monoisotopic (exact) mass is 805 g/mol. The first-order chi connectivity index (χ1) is 26.8. The number of nitrogens with zero attached hydrogens (tertiary/aromatic N) is 3. The van der Waals surface area contributed by atoms with E-state index in [2.05, 4.69) is 26.6 Å². The second-order valence-electron chi connectivity index (χ2n) is 14.5. The maximum Gasteiger partial charge on any atom is 0.326 e. The third-order valence-corrected chi connectivity index (χ3v) is 11.1. The number of carbonyl (C=O) groups excluding carboxylic acids is 1. The van der Waals surface area contributed by atoms with Crippen LogP contribution >= 0.6 is 23.2 Å². The normalized spacial score (nSPS) is 21.1. The summed E-state index contributed by atoms with van der Waals surface area (Å²) in [5, 5.41) is 35.1. The molecule has 2 heterocycles. The number of nitriles is 1. The molecule has 1 fully saturated rings. The van der Waals surface area contributed by atoms with Crippen molar-refractivity contribution in [2.24, 2.45) is 0 Å². The lowest BCUT2D eigenvalue weighted by molar-refractivity contribution is -0.146. The number of piperidine rings is 1. The Bertz CT molecular complexity index is 1940. The van der Waals surface area contributed by atoms with Gasteiger partial charge in [-0.15, -0.1) is 11.6 Å². The van der Waals surface area contributed by atoms with Crippen molar-refractivity contribution >= 4 is 40.7 Å². The number of hydrogen-bond acceptors (Lipinski definition) is 10. The van der Waals surface area contributed by atoms with E-state index in [4.69, 9.17) is 37.4 Å². The SMILES string of the molecule is CC(=O)NC1CCN(CCCOC2(COc3cc(OCc4cncc(C#N)c4)c(CNC(C)(CO)C(=O)O)cc3Cl)C=CC=C(c3ccccc3)C2(C)Cl)CC1. The van der Waals surface area contributed by atoms with Gasteiger partial charge in [0.1, 0.15) is 46.8 Å². The summed E-state index contributed by atoms with van der Waals surface area (Å²) in [7, 11) is 0. The van der Waals surface area contributed by atoms with Crippen LogP contribution in [-0.4, -0.2) is 93.5 Å². The number of aliphatic hydroxyl groups is 1. The van der Waals surface area contributed by atoms with Crippen LogP contribution in [0.1, 0.15) is 62.3 Å². The van der Waals surface area contributed by atoms with Crippen LogP contribution in [-0.2, 0) is 27.5 Å². The van der Waals surface area contributed by atoms with Gasteiger partial charge in [-0.3, -0.25) is 19.9 Å². The van der Waals surface area contributed by atoms with Gasteiger partial charge in [0.05, 0.1) is 17.2 Å². The third kappa shape index (κ3) is 10.5. The summed E-state index contributed by atoms with van der Waals surface area (Å²) >= 11 is 14.4. The number of nitrogens with one attached hydrogen (secondary N) is 2. The summed E-state index contributed by atoms with van der Waals surface area (Å²) in [6.07, 6.45) is 11.4. The summed E-state index contributed by atoms with van der Waals surface area (Å²) in [6, 6.07) is 17.1. The highest BCUT2D eigenvalue weighted by atomic mass is 35.5. The number of carboxylic acid groups (broad SMARTS) is 1. The predicted octanol–water partition coefficient (Wildman–Crippen LogP) is 5.89. The summed E-state index contributed by atoms with van der Waals surface area (Å²) in [6.45, 7) is 7.18. The first-order valence-electron chi connectivity index (χ1n) is 18.6. The van der Waals surface area contributed by atoms with Crippen LogP contribution in [0.2, 0.25) is 5.02 Å². The van der Waals surface area contributed by atoms with E-state index in [1.54, 1.807) is 31.3 Å². The molecule has 4 N–H and O–H groups in total. The molecule has 56 heavy (non-hydrogen) atoms. The second-order valence-corrected chi connectivity index (χ2v) is 15.7. The second kappa shape index (κ2) is 19.1. The highest BCUT2D eigenvalue weighted by Gasteiger charge is 2.51. The Kier molecular flexibility index (Phi) is 14.6. The molecule has 3 aromatic rings. The Labute approximate surface area is 338 Å². The smallest absolute Gasteiger partial charge is 0.326 e. The average Bonchev–Trinajstić information content (AvgIpc) is 3.19. The standard InChI is InChI=1S/C42H49Cl2N5O7/c1-29(51)48-34-12-16-49(17-13-34)15-8-18-56-42(14-7-11-35(41(42,3)44)32-9-5-4-6-10-32)28-55-38-21-37(54-26-31-19-30(22-45)23-46-24-31)33(20-36(38)43)25-47-40(2,27-50)39(52)53/h4-7,9-11,14,19-21,23-24,34,47,50H,8,12-13,15-18,25-28H2,1-3H3,(H,48,51)(H,52,53). The number of carboxylic acids is 1. The number of ether oxygens (including phenoxy) is 3. The number of aliphatic hydroxyl groups excluding tert-OH is 1. The molecular formula is C42H49Cl2N5O7. The number of likely N-dealkylation sites (tertiary alicyclic amines) is 1. The number of pyridine rings is 1. The van der Waals surface area contributed by atoms with Gasteiger partial charge < -0.3 is 34.6 Å². The molecule has 0 radical (unpaired) electrons. The fourth-order valence-electron chi connectivity index (χ4n) is 6.79. The summed E-state index contributed by atoms with van der Waals surface area (Å²) < 4.78 is 19.5. The van der Waals surface area contributed by atoms with Crippen LogP contribution in [0.5, 0.6) is 11.5 Å². The topological polar surface area (TPSA) is 166 Å². The fourth-order valence-corrected chi connectivity index (χ4v) is 7.37. The van der Waals surface area contributed by atoms with Crippen LogP contribution in [0.3, 0.4) is 0 Å². The van der Waals surface area contributed by atoms with Crippen LogP contribution < -0.4 is 20.1 Å². The number of benzene rings is 2. The van der Waals surface area contributed by atoms with Gasteiger partial charge in [0.15, 0.2) is 0 Å². The minimum atomic E-state index is -1.63. The lowest BCUT2D eigenvalue weighted by atomic mass is 9.76. The largest absolute Gasteiger partial charge is 0.488 e. The number of alkyl halides is 1. The molecule has 1 saturated heterocycles. The van der Waals surface area contributed by atoms with Gasteiger partial charge in [-0.05, 0) is 62.5 Å². The number of allylic oxidation sites excluding steroid dienone is 2. The molecule has 0 bridgehead atoms. The van der Waals surface area contributed by atoms with Crippen LogP contribution in [0.4, 0.5) is 0 Å². The Hall–Kier alpha value is -4.48. The molecule has 298 valence electrons. The predicted molar refractivity (Wildman–Crippen MR) is 215 cm³/mol. The number of carbonyl (C=O) groups is 2. The van der Waals surface area contributed by atoms with E-state index in [1.807, 2.05) is 55.5 Å². The van der Waals surface area contributed by atoms with Crippen molar-refractivity contribution in [2.75, 3.05) is 39.5 Å². The zero-order chi connectivity index (χ0) is 40.3. The van der Waals surface area contributed by atoms with E-state index in [1.165, 1.54) is 13.1 Å². The van der Waals surface area contributed by atoms with E-state index in [0.717, 1.165) is 50.0 Å². The molecule has 1 amide bonds. The molecular weight excluding hydrogens is 757 g/mol. The molecule has 3 unspecified atom stereocenters. The molecule has 1 aliphatic heterocycles. The van der Waals surface area contributed by atoms with E-state index in [-0.39, 0.29) is 42.5 Å². The van der Waals surface area contributed by atoms with Crippen LogP contribution in [0.15, 0.2) is 79.2 Å². The van der Waals surface area contributed by atoms with Crippen LogP contribution in [0, 0.1) is 11.3 Å². The van der Waals surface area contributed by atoms with Crippen molar-refractivity contribution in [3.63, 3.8) is 0 Å². The quantitative estimate of drug-likeness (QED) is 0.0895. The maximum absolute atomic E-state index is 11.9. The number of halogens is 2. The number of aliphatic carboxylic acids is 1. The first-order valence-corrected chi connectivity index (χ1v) is 19.3. The molecule has 3 atom stereocenters. The van der Waals surface area contributed by atoms with Gasteiger partial charge in [0, 0.05) is 75.3 Å². The van der Waals surface area contributed by atoms with Gasteiger partial charge >= 0.3 is 5.97 Å². The number of hydrogen-bond donors (Lipinski definition) is 4. The molecule has 2 aliphatic rings. The number of amides is 1. The molecule has 5 rings (SSSR count). The Balaban J connectivity index is 1.39. The lowest BCUT2D eigenvalue weighted by Gasteiger charge is -2.45.